The first-order valence-corrected chi connectivity index (χ1v) is 6.25. The monoisotopic (exact) mass is 345 g/mol. The lowest BCUT2D eigenvalue weighted by molar-refractivity contribution is -0.209. The third-order valence-corrected chi connectivity index (χ3v) is 2.65. The summed E-state index contributed by atoms with van der Waals surface area (Å²) in [7, 11) is 0.608. The van der Waals surface area contributed by atoms with Crippen molar-refractivity contribution in [1.29, 1.82) is 0 Å². The Morgan fingerprint density at radius 1 is 1.04 bits per heavy atom. The van der Waals surface area contributed by atoms with Crippen LogP contribution in [0.5, 0.6) is 0 Å². The van der Waals surface area contributed by atoms with Crippen LogP contribution in [0.25, 0.3) is 0 Å². The fourth-order valence-corrected chi connectivity index (χ4v) is 1.71. The van der Waals surface area contributed by atoms with Gasteiger partial charge in [-0.25, -0.2) is 9.59 Å². The normalized spacial score (nSPS) is 16.2. The first kappa shape index (κ1) is 21.0. The molecule has 0 aliphatic rings. The summed E-state index contributed by atoms with van der Waals surface area (Å²) in [6.45, 7) is 4.13. The van der Waals surface area contributed by atoms with E-state index in [0.717, 1.165) is 0 Å². The fourth-order valence-electron chi connectivity index (χ4n) is 1.71. The van der Waals surface area contributed by atoms with Gasteiger partial charge in [0.1, 0.15) is 17.6 Å². The minimum absolute atomic E-state index is 0.0871. The maximum absolute atomic E-state index is 13.2. The summed E-state index contributed by atoms with van der Waals surface area (Å²) >= 11 is 0. The molecule has 0 aliphatic heterocycles. The second-order valence-corrected chi connectivity index (χ2v) is 5.72. The number of rotatable bonds is 5. The number of aliphatic carboxylic acids is 2. The summed E-state index contributed by atoms with van der Waals surface area (Å²) in [5, 5.41) is 26.8. The molecular formula is C12H18F3NO7. The highest BCUT2D eigenvalue weighted by molar-refractivity contribution is 5.83. The fraction of sp³-hybridized carbons (Fsp3) is 0.750. The summed E-state index contributed by atoms with van der Waals surface area (Å²) in [5.74, 6) is -7.22. The molecule has 0 aromatic carbocycles. The number of nitrogens with zero attached hydrogens (tertiary/aromatic N) is 1. The van der Waals surface area contributed by atoms with E-state index in [2.05, 4.69) is 0 Å². The highest BCUT2D eigenvalue weighted by Crippen LogP contribution is 2.32. The van der Waals surface area contributed by atoms with Crippen LogP contribution in [0, 0.1) is 5.92 Å². The van der Waals surface area contributed by atoms with E-state index in [4.69, 9.17) is 14.9 Å². The van der Waals surface area contributed by atoms with Crippen molar-refractivity contribution < 1.29 is 47.6 Å². The molecule has 0 unspecified atom stereocenters. The van der Waals surface area contributed by atoms with Crippen molar-refractivity contribution in [3.63, 3.8) is 0 Å². The molecule has 0 aromatic rings. The van der Waals surface area contributed by atoms with Crippen LogP contribution in [-0.2, 0) is 14.3 Å². The van der Waals surface area contributed by atoms with Gasteiger partial charge >= 0.3 is 24.2 Å². The predicted molar refractivity (Wildman–Crippen MR) is 68.6 cm³/mol. The number of carbonyl (C=O) groups is 3. The van der Waals surface area contributed by atoms with Gasteiger partial charge in [0, 0.05) is 7.05 Å². The molecule has 11 heteroatoms. The number of aliphatic hydroxyl groups is 1. The molecule has 8 nitrogen and oxygen atoms in total. The highest BCUT2D eigenvalue weighted by Gasteiger charge is 2.56. The number of hydrogen-bond donors (Lipinski definition) is 3. The highest BCUT2D eigenvalue weighted by atomic mass is 19.4. The number of carbonyl (C=O) groups excluding carboxylic acids is 1. The molecule has 23 heavy (non-hydrogen) atoms. The van der Waals surface area contributed by atoms with Crippen molar-refractivity contribution in [2.45, 2.75) is 44.7 Å². The van der Waals surface area contributed by atoms with Gasteiger partial charge in [-0.3, -0.25) is 9.69 Å². The first-order chi connectivity index (χ1) is 10.1. The van der Waals surface area contributed by atoms with E-state index in [-0.39, 0.29) is 4.90 Å². The second-order valence-electron chi connectivity index (χ2n) is 5.72. The topological polar surface area (TPSA) is 124 Å². The van der Waals surface area contributed by atoms with Gasteiger partial charge in [-0.15, -0.1) is 0 Å². The predicted octanol–water partition coefficient (Wildman–Crippen LogP) is 0.931. The number of hydrogen-bond acceptors (Lipinski definition) is 5. The standard InChI is InChI=1S/C12H18F3NO7/c1-11(2,3)23-10(22)16(4)7(12(13,14)15)5(8(18)19)6(17)9(20)21/h5-7,17H,1-4H3,(H,18,19)(H,20,21)/t5-,6-,7-/m1/s1. The maximum Gasteiger partial charge on any atom is 0.410 e. The van der Waals surface area contributed by atoms with Crippen LogP contribution in [0.2, 0.25) is 0 Å². The molecule has 0 fully saturated rings. The molecule has 3 atom stereocenters. The SMILES string of the molecule is CN(C(=O)OC(C)(C)C)[C@H]([C@H](C(=O)O)[C@@H](O)C(=O)O)C(F)(F)F. The van der Waals surface area contributed by atoms with Gasteiger partial charge in [-0.1, -0.05) is 0 Å². The van der Waals surface area contributed by atoms with Gasteiger partial charge < -0.3 is 20.1 Å². The third kappa shape index (κ3) is 5.93. The van der Waals surface area contributed by atoms with Crippen molar-refractivity contribution in [2.75, 3.05) is 7.05 Å². The van der Waals surface area contributed by atoms with Crippen molar-refractivity contribution in [3.05, 3.63) is 0 Å². The van der Waals surface area contributed by atoms with Crippen LogP contribution >= 0.6 is 0 Å². The van der Waals surface area contributed by atoms with E-state index in [1.54, 1.807) is 0 Å². The molecule has 0 bridgehead atoms. The van der Waals surface area contributed by atoms with Gasteiger partial charge in [0.2, 0.25) is 0 Å². The number of carboxylic acids is 2. The minimum Gasteiger partial charge on any atom is -0.481 e. The van der Waals surface area contributed by atoms with E-state index < -0.39 is 47.9 Å². The summed E-state index contributed by atoms with van der Waals surface area (Å²) < 4.78 is 44.3. The lowest BCUT2D eigenvalue weighted by Crippen LogP contribution is -2.58. The average Bonchev–Trinajstić information content (AvgIpc) is 2.29. The third-order valence-electron chi connectivity index (χ3n) is 2.65. The molecule has 0 rings (SSSR count). The maximum atomic E-state index is 13.2. The van der Waals surface area contributed by atoms with Crippen molar-refractivity contribution in [3.8, 4) is 0 Å². The Kier molecular flexibility index (Phi) is 6.40. The Balaban J connectivity index is 5.80. The zero-order valence-corrected chi connectivity index (χ0v) is 12.8. The number of carboxylic acid groups (broad SMARTS) is 2. The zero-order valence-electron chi connectivity index (χ0n) is 12.8. The van der Waals surface area contributed by atoms with Crippen LogP contribution in [0.4, 0.5) is 18.0 Å². The number of alkyl halides is 3. The lowest BCUT2D eigenvalue weighted by atomic mass is 9.92. The van der Waals surface area contributed by atoms with Gasteiger partial charge in [0.15, 0.2) is 6.10 Å². The molecule has 0 aliphatic carbocycles. The zero-order chi connectivity index (χ0) is 18.7. The largest absolute Gasteiger partial charge is 0.481 e. The van der Waals surface area contributed by atoms with Crippen LogP contribution in [-0.4, -0.2) is 69.2 Å². The molecule has 0 aromatic heterocycles. The molecule has 0 radical (unpaired) electrons. The molecule has 0 spiro atoms. The van der Waals surface area contributed by atoms with Crippen molar-refractivity contribution in [2.24, 2.45) is 5.92 Å². The van der Waals surface area contributed by atoms with Gasteiger partial charge in [0.25, 0.3) is 0 Å². The Morgan fingerprint density at radius 3 is 1.74 bits per heavy atom. The van der Waals surface area contributed by atoms with Crippen LogP contribution in [0.15, 0.2) is 0 Å². The molecule has 134 valence electrons. The molecule has 1 amide bonds. The van der Waals surface area contributed by atoms with E-state index >= 15 is 0 Å². The summed E-state index contributed by atoms with van der Waals surface area (Å²) in [4.78, 5) is 33.4. The summed E-state index contributed by atoms with van der Waals surface area (Å²) in [5.41, 5.74) is -1.16. The van der Waals surface area contributed by atoms with Crippen LogP contribution < -0.4 is 0 Å². The first-order valence-electron chi connectivity index (χ1n) is 6.25. The average molecular weight is 345 g/mol. The van der Waals surface area contributed by atoms with Gasteiger partial charge in [0.05, 0.1) is 0 Å². The van der Waals surface area contributed by atoms with Crippen molar-refractivity contribution in [1.82, 2.24) is 4.90 Å². The van der Waals surface area contributed by atoms with Gasteiger partial charge in [-0.2, -0.15) is 13.2 Å². The van der Waals surface area contributed by atoms with Crippen LogP contribution in [0.3, 0.4) is 0 Å². The summed E-state index contributed by atoms with van der Waals surface area (Å²) in [6.07, 6.45) is -9.70. The number of halogens is 3. The second kappa shape index (κ2) is 7.02. The van der Waals surface area contributed by atoms with Crippen molar-refractivity contribution >= 4 is 18.0 Å². The molecule has 0 heterocycles. The number of aliphatic hydroxyl groups excluding tert-OH is 1. The summed E-state index contributed by atoms with van der Waals surface area (Å²) in [6, 6.07) is -3.10. The number of amides is 1. The van der Waals surface area contributed by atoms with E-state index in [0.29, 0.717) is 7.05 Å². The Morgan fingerprint density at radius 2 is 1.48 bits per heavy atom. The quantitative estimate of drug-likeness (QED) is 0.677. The van der Waals surface area contributed by atoms with E-state index in [9.17, 15) is 32.7 Å². The lowest BCUT2D eigenvalue weighted by Gasteiger charge is -2.35. The molecule has 0 saturated carbocycles. The number of ether oxygens (including phenoxy) is 1. The Labute approximate surface area is 129 Å². The van der Waals surface area contributed by atoms with Gasteiger partial charge in [-0.05, 0) is 20.8 Å². The Bertz CT molecular complexity index is 472. The van der Waals surface area contributed by atoms with E-state index in [1.165, 1.54) is 20.8 Å². The van der Waals surface area contributed by atoms with Crippen LogP contribution in [0.1, 0.15) is 20.8 Å². The smallest absolute Gasteiger partial charge is 0.410 e. The van der Waals surface area contributed by atoms with E-state index in [1.807, 2.05) is 0 Å². The molecule has 3 N–H and O–H groups in total. The molecule has 0 saturated heterocycles. The Hall–Kier alpha value is -2.04. The molecular weight excluding hydrogens is 327 g/mol. The minimum atomic E-state index is -5.31.